The van der Waals surface area contributed by atoms with Crippen LogP contribution in [0.2, 0.25) is 0 Å². The molecule has 0 saturated carbocycles. The van der Waals surface area contributed by atoms with Gasteiger partial charge in [-0.25, -0.2) is 0 Å². The van der Waals surface area contributed by atoms with Crippen LogP contribution in [0.15, 0.2) is 17.5 Å². The Morgan fingerprint density at radius 3 is 2.50 bits per heavy atom. The zero-order valence-corrected chi connectivity index (χ0v) is 8.53. The summed E-state index contributed by atoms with van der Waals surface area (Å²) in [6.45, 7) is 9.68. The minimum absolute atomic E-state index is 0.491. The quantitative estimate of drug-likeness (QED) is 0.697. The zero-order chi connectivity index (χ0) is 9.30. The second kappa shape index (κ2) is 3.42. The fourth-order valence-electron chi connectivity index (χ4n) is 1.07. The van der Waals surface area contributed by atoms with Crippen LogP contribution in [0, 0.1) is 13.8 Å². The van der Waals surface area contributed by atoms with Crippen molar-refractivity contribution in [2.24, 2.45) is 0 Å². The normalized spacial score (nSPS) is 13.0. The maximum Gasteiger partial charge on any atom is 0.101 e. The summed E-state index contributed by atoms with van der Waals surface area (Å²) in [5.41, 5.74) is 3.00. The lowest BCUT2D eigenvalue weighted by Gasteiger charge is -2.09. The van der Waals surface area contributed by atoms with Crippen LogP contribution in [0.3, 0.4) is 0 Å². The Bertz CT molecular complexity index is 299. The van der Waals surface area contributed by atoms with Crippen molar-refractivity contribution in [3.8, 4) is 0 Å². The van der Waals surface area contributed by atoms with E-state index >= 15 is 0 Å². The molecule has 1 atom stereocenters. The van der Waals surface area contributed by atoms with Crippen molar-refractivity contribution in [2.45, 2.75) is 26.9 Å². The molecule has 2 heteroatoms. The molecule has 0 radical (unpaired) electrons. The molecule has 1 nitrogen and oxygen atoms in total. The second-order valence-corrected chi connectivity index (χ2v) is 4.20. The SMILES string of the molecule is C=C(C)C(O)c1csc(C)c1C. The summed E-state index contributed by atoms with van der Waals surface area (Å²) < 4.78 is 0. The molecule has 1 N–H and O–H groups in total. The lowest BCUT2D eigenvalue weighted by atomic mass is 10.0. The Morgan fingerprint density at radius 2 is 2.17 bits per heavy atom. The molecular formula is C10H14OS. The van der Waals surface area contributed by atoms with E-state index in [4.69, 9.17) is 0 Å². The Morgan fingerprint density at radius 1 is 1.58 bits per heavy atom. The van der Waals surface area contributed by atoms with E-state index in [1.54, 1.807) is 11.3 Å². The van der Waals surface area contributed by atoms with Crippen molar-refractivity contribution < 1.29 is 5.11 Å². The molecule has 66 valence electrons. The molecule has 0 bridgehead atoms. The number of hydrogen-bond donors (Lipinski definition) is 1. The molecule has 1 aromatic rings. The lowest BCUT2D eigenvalue weighted by molar-refractivity contribution is 0.216. The number of aliphatic hydroxyl groups is 1. The van der Waals surface area contributed by atoms with E-state index < -0.39 is 6.10 Å². The van der Waals surface area contributed by atoms with Crippen LogP contribution in [0.25, 0.3) is 0 Å². The number of hydrogen-bond acceptors (Lipinski definition) is 2. The molecule has 0 aliphatic carbocycles. The summed E-state index contributed by atoms with van der Waals surface area (Å²) in [6.07, 6.45) is -0.491. The topological polar surface area (TPSA) is 20.2 Å². The van der Waals surface area contributed by atoms with Gasteiger partial charge in [0.1, 0.15) is 6.10 Å². The van der Waals surface area contributed by atoms with Crippen LogP contribution >= 0.6 is 11.3 Å². The summed E-state index contributed by atoms with van der Waals surface area (Å²) in [6, 6.07) is 0. The molecule has 0 amide bonds. The molecule has 0 fully saturated rings. The van der Waals surface area contributed by atoms with Crippen molar-refractivity contribution in [3.63, 3.8) is 0 Å². The first kappa shape index (κ1) is 9.49. The van der Waals surface area contributed by atoms with Gasteiger partial charge in [0.15, 0.2) is 0 Å². The molecule has 1 aromatic heterocycles. The first-order chi connectivity index (χ1) is 5.54. The van der Waals surface area contributed by atoms with Gasteiger partial charge in [-0.1, -0.05) is 6.58 Å². The van der Waals surface area contributed by atoms with Crippen LogP contribution in [0.1, 0.15) is 29.0 Å². The monoisotopic (exact) mass is 182 g/mol. The Kier molecular flexibility index (Phi) is 2.70. The average Bonchev–Trinajstić information content (AvgIpc) is 2.32. The summed E-state index contributed by atoms with van der Waals surface area (Å²) >= 11 is 1.68. The Balaban J connectivity index is 3.03. The maximum atomic E-state index is 9.70. The zero-order valence-electron chi connectivity index (χ0n) is 7.72. The molecule has 0 spiro atoms. The number of aliphatic hydroxyl groups excluding tert-OH is 1. The van der Waals surface area contributed by atoms with Gasteiger partial charge in [-0.2, -0.15) is 0 Å². The first-order valence-corrected chi connectivity index (χ1v) is 4.80. The molecular weight excluding hydrogens is 168 g/mol. The molecule has 1 heterocycles. The smallest absolute Gasteiger partial charge is 0.101 e. The van der Waals surface area contributed by atoms with Gasteiger partial charge in [-0.05, 0) is 42.9 Å². The molecule has 1 rings (SSSR count). The summed E-state index contributed by atoms with van der Waals surface area (Å²) in [5.74, 6) is 0. The highest BCUT2D eigenvalue weighted by atomic mass is 32.1. The highest BCUT2D eigenvalue weighted by Gasteiger charge is 2.13. The van der Waals surface area contributed by atoms with E-state index in [1.807, 2.05) is 19.2 Å². The molecule has 0 saturated heterocycles. The molecule has 12 heavy (non-hydrogen) atoms. The third-order valence-electron chi connectivity index (χ3n) is 2.09. The predicted molar refractivity (Wildman–Crippen MR) is 53.6 cm³/mol. The summed E-state index contributed by atoms with van der Waals surface area (Å²) in [5, 5.41) is 11.7. The summed E-state index contributed by atoms with van der Waals surface area (Å²) in [4.78, 5) is 1.27. The molecule has 1 unspecified atom stereocenters. The third kappa shape index (κ3) is 1.59. The minimum atomic E-state index is -0.491. The number of rotatable bonds is 2. The number of thiophene rings is 1. The van der Waals surface area contributed by atoms with E-state index in [0.717, 1.165) is 11.1 Å². The first-order valence-electron chi connectivity index (χ1n) is 3.92. The predicted octanol–water partition coefficient (Wildman–Crippen LogP) is 2.97. The van der Waals surface area contributed by atoms with E-state index in [1.165, 1.54) is 10.4 Å². The fraction of sp³-hybridized carbons (Fsp3) is 0.400. The molecule has 0 aliphatic heterocycles. The third-order valence-corrected chi connectivity index (χ3v) is 3.12. The van der Waals surface area contributed by atoms with Crippen LogP contribution in [0.4, 0.5) is 0 Å². The largest absolute Gasteiger partial charge is 0.384 e. The van der Waals surface area contributed by atoms with Gasteiger partial charge in [0.2, 0.25) is 0 Å². The Labute approximate surface area is 77.4 Å². The van der Waals surface area contributed by atoms with Crippen LogP contribution in [-0.2, 0) is 0 Å². The number of aryl methyl sites for hydroxylation is 1. The van der Waals surface area contributed by atoms with Gasteiger partial charge in [-0.15, -0.1) is 11.3 Å². The standard InChI is InChI=1S/C10H14OS/c1-6(2)10(11)9-5-12-8(4)7(9)3/h5,10-11H,1H2,2-4H3. The van der Waals surface area contributed by atoms with Crippen molar-refractivity contribution in [3.05, 3.63) is 33.5 Å². The maximum absolute atomic E-state index is 9.70. The highest BCUT2D eigenvalue weighted by molar-refractivity contribution is 7.10. The van der Waals surface area contributed by atoms with Gasteiger partial charge in [0, 0.05) is 4.88 Å². The van der Waals surface area contributed by atoms with E-state index in [-0.39, 0.29) is 0 Å². The lowest BCUT2D eigenvalue weighted by Crippen LogP contribution is -1.97. The van der Waals surface area contributed by atoms with Gasteiger partial charge in [0.05, 0.1) is 0 Å². The highest BCUT2D eigenvalue weighted by Crippen LogP contribution is 2.29. The molecule has 0 aromatic carbocycles. The average molecular weight is 182 g/mol. The van der Waals surface area contributed by atoms with Crippen molar-refractivity contribution in [1.29, 1.82) is 0 Å². The van der Waals surface area contributed by atoms with E-state index in [0.29, 0.717) is 0 Å². The van der Waals surface area contributed by atoms with Crippen LogP contribution < -0.4 is 0 Å². The van der Waals surface area contributed by atoms with E-state index in [9.17, 15) is 5.11 Å². The van der Waals surface area contributed by atoms with Crippen LogP contribution in [0.5, 0.6) is 0 Å². The van der Waals surface area contributed by atoms with Crippen molar-refractivity contribution >= 4 is 11.3 Å². The van der Waals surface area contributed by atoms with Gasteiger partial charge in [-0.3, -0.25) is 0 Å². The molecule has 0 aliphatic rings. The van der Waals surface area contributed by atoms with Gasteiger partial charge >= 0.3 is 0 Å². The minimum Gasteiger partial charge on any atom is -0.384 e. The van der Waals surface area contributed by atoms with Crippen molar-refractivity contribution in [2.75, 3.05) is 0 Å². The van der Waals surface area contributed by atoms with Crippen LogP contribution in [-0.4, -0.2) is 5.11 Å². The van der Waals surface area contributed by atoms with Gasteiger partial charge < -0.3 is 5.11 Å². The Hall–Kier alpha value is -0.600. The van der Waals surface area contributed by atoms with Gasteiger partial charge in [0.25, 0.3) is 0 Å². The second-order valence-electron chi connectivity index (χ2n) is 3.12. The summed E-state index contributed by atoms with van der Waals surface area (Å²) in [7, 11) is 0. The van der Waals surface area contributed by atoms with E-state index in [2.05, 4.69) is 13.5 Å². The van der Waals surface area contributed by atoms with Crippen molar-refractivity contribution in [1.82, 2.24) is 0 Å². The fourth-order valence-corrected chi connectivity index (χ4v) is 1.97.